The van der Waals surface area contributed by atoms with E-state index < -0.39 is 11.9 Å². The number of aliphatic hydroxyl groups is 1. The minimum absolute atomic E-state index is 0.213. The van der Waals surface area contributed by atoms with E-state index in [1.54, 1.807) is 0 Å². The minimum atomic E-state index is -0.937. The highest BCUT2D eigenvalue weighted by Crippen LogP contribution is 2.35. The third-order valence-electron chi connectivity index (χ3n) is 3.16. The highest BCUT2D eigenvalue weighted by molar-refractivity contribution is 9.10. The predicted octanol–water partition coefficient (Wildman–Crippen LogP) is 5.08. The maximum atomic E-state index is 13.9. The van der Waals surface area contributed by atoms with Crippen LogP contribution in [-0.4, -0.2) is 5.11 Å². The van der Waals surface area contributed by atoms with Gasteiger partial charge in [0, 0.05) is 16.0 Å². The second-order valence-corrected chi connectivity index (χ2v) is 5.69. The first-order valence-corrected chi connectivity index (χ1v) is 7.05. The Hall–Kier alpha value is -0.900. The second kappa shape index (κ2) is 6.04. The van der Waals surface area contributed by atoms with Crippen LogP contribution in [0.4, 0.5) is 4.39 Å². The zero-order chi connectivity index (χ0) is 14.0. The second-order valence-electron chi connectivity index (χ2n) is 4.43. The Morgan fingerprint density at radius 1 is 1.21 bits per heavy atom. The molecule has 4 heteroatoms. The average Bonchev–Trinajstić information content (AvgIpc) is 2.42. The lowest BCUT2D eigenvalue weighted by Gasteiger charge is -2.20. The van der Waals surface area contributed by atoms with Crippen molar-refractivity contribution in [1.82, 2.24) is 0 Å². The molecule has 2 aromatic carbocycles. The molecule has 0 aliphatic carbocycles. The normalized spacial score (nSPS) is 14.2. The summed E-state index contributed by atoms with van der Waals surface area (Å²) < 4.78 is 14.4. The van der Waals surface area contributed by atoms with Crippen LogP contribution < -0.4 is 0 Å². The van der Waals surface area contributed by atoms with E-state index in [1.807, 2.05) is 37.3 Å². The van der Waals surface area contributed by atoms with E-state index in [4.69, 9.17) is 11.6 Å². The van der Waals surface area contributed by atoms with Crippen molar-refractivity contribution < 1.29 is 9.50 Å². The van der Waals surface area contributed by atoms with Gasteiger partial charge in [0.2, 0.25) is 0 Å². The van der Waals surface area contributed by atoms with Crippen LogP contribution in [0.25, 0.3) is 0 Å². The first kappa shape index (κ1) is 14.5. The summed E-state index contributed by atoms with van der Waals surface area (Å²) >= 11 is 9.11. The Labute approximate surface area is 125 Å². The summed E-state index contributed by atoms with van der Waals surface area (Å²) in [4.78, 5) is 0. The summed E-state index contributed by atoms with van der Waals surface area (Å²) in [6, 6.07) is 12.2. The Bertz CT molecular complexity index is 574. The fourth-order valence-electron chi connectivity index (χ4n) is 1.97. The first-order chi connectivity index (χ1) is 9.00. The molecular weight excluding hydrogens is 331 g/mol. The van der Waals surface area contributed by atoms with Gasteiger partial charge in [-0.25, -0.2) is 4.39 Å². The topological polar surface area (TPSA) is 20.2 Å². The van der Waals surface area contributed by atoms with Gasteiger partial charge in [-0.1, -0.05) is 48.9 Å². The lowest BCUT2D eigenvalue weighted by molar-refractivity contribution is 0.147. The number of benzene rings is 2. The van der Waals surface area contributed by atoms with Crippen LogP contribution in [0.15, 0.2) is 46.9 Å². The van der Waals surface area contributed by atoms with E-state index in [1.165, 1.54) is 12.1 Å². The first-order valence-electron chi connectivity index (χ1n) is 5.88. The van der Waals surface area contributed by atoms with Crippen LogP contribution in [0.5, 0.6) is 0 Å². The highest BCUT2D eigenvalue weighted by Gasteiger charge is 2.22. The molecule has 1 N–H and O–H groups in total. The van der Waals surface area contributed by atoms with E-state index >= 15 is 0 Å². The molecule has 2 unspecified atom stereocenters. The predicted molar refractivity (Wildman–Crippen MR) is 78.9 cm³/mol. The molecule has 2 aromatic rings. The summed E-state index contributed by atoms with van der Waals surface area (Å²) in [6.45, 7) is 1.86. The number of aliphatic hydroxyl groups excluding tert-OH is 1. The van der Waals surface area contributed by atoms with Crippen LogP contribution in [0, 0.1) is 5.82 Å². The quantitative estimate of drug-likeness (QED) is 0.771. The Morgan fingerprint density at radius 2 is 1.84 bits per heavy atom. The molecule has 2 rings (SSSR count). The molecule has 0 aliphatic heterocycles. The zero-order valence-electron chi connectivity index (χ0n) is 10.3. The van der Waals surface area contributed by atoms with Crippen LogP contribution in [0.1, 0.15) is 30.1 Å². The summed E-state index contributed by atoms with van der Waals surface area (Å²) in [7, 11) is 0. The third kappa shape index (κ3) is 3.16. The van der Waals surface area contributed by atoms with Gasteiger partial charge in [0.15, 0.2) is 0 Å². The van der Waals surface area contributed by atoms with E-state index in [0.717, 1.165) is 5.56 Å². The molecule has 0 radical (unpaired) electrons. The minimum Gasteiger partial charge on any atom is -0.388 e. The fourth-order valence-corrected chi connectivity index (χ4v) is 2.46. The van der Waals surface area contributed by atoms with E-state index in [2.05, 4.69) is 15.9 Å². The van der Waals surface area contributed by atoms with Crippen LogP contribution >= 0.6 is 27.5 Å². The lowest BCUT2D eigenvalue weighted by Crippen LogP contribution is -2.09. The number of rotatable bonds is 3. The van der Waals surface area contributed by atoms with Gasteiger partial charge in [-0.2, -0.15) is 0 Å². The molecule has 0 saturated heterocycles. The van der Waals surface area contributed by atoms with Gasteiger partial charge in [0.05, 0.1) is 11.1 Å². The van der Waals surface area contributed by atoms with Crippen LogP contribution in [0.2, 0.25) is 5.02 Å². The van der Waals surface area contributed by atoms with Crippen LogP contribution in [-0.2, 0) is 0 Å². The van der Waals surface area contributed by atoms with E-state index in [0.29, 0.717) is 9.50 Å². The molecule has 0 amide bonds. The fraction of sp³-hybridized carbons (Fsp3) is 0.200. The summed E-state index contributed by atoms with van der Waals surface area (Å²) in [5.41, 5.74) is 1.16. The highest BCUT2D eigenvalue weighted by atomic mass is 79.9. The van der Waals surface area contributed by atoms with E-state index in [-0.39, 0.29) is 11.5 Å². The van der Waals surface area contributed by atoms with Crippen molar-refractivity contribution in [3.8, 4) is 0 Å². The van der Waals surface area contributed by atoms with Crippen molar-refractivity contribution in [3.05, 3.63) is 68.9 Å². The monoisotopic (exact) mass is 342 g/mol. The van der Waals surface area contributed by atoms with Crippen molar-refractivity contribution in [3.63, 3.8) is 0 Å². The summed E-state index contributed by atoms with van der Waals surface area (Å²) in [5.74, 6) is -0.681. The molecule has 0 saturated carbocycles. The maximum absolute atomic E-state index is 13.9. The zero-order valence-corrected chi connectivity index (χ0v) is 12.6. The van der Waals surface area contributed by atoms with Gasteiger partial charge in [0.1, 0.15) is 5.82 Å². The molecular formula is C15H13BrClFO. The smallest absolute Gasteiger partial charge is 0.130 e. The number of hydrogen-bond donors (Lipinski definition) is 1. The Kier molecular flexibility index (Phi) is 4.61. The molecule has 100 valence electrons. The van der Waals surface area contributed by atoms with E-state index in [9.17, 15) is 9.50 Å². The standard InChI is InChI=1S/C15H13BrClFO/c1-9(10-5-3-2-4-6-10)15(19)11-7-13(17)12(16)8-14(11)18/h2-9,15,19H,1H3. The van der Waals surface area contributed by atoms with Crippen molar-refractivity contribution in [2.75, 3.05) is 0 Å². The van der Waals surface area contributed by atoms with Gasteiger partial charge in [-0.05, 0) is 33.6 Å². The average molecular weight is 344 g/mol. The SMILES string of the molecule is CC(c1ccccc1)C(O)c1cc(Cl)c(Br)cc1F. The molecule has 19 heavy (non-hydrogen) atoms. The summed E-state index contributed by atoms with van der Waals surface area (Å²) in [6.07, 6.45) is -0.937. The molecule has 0 aromatic heterocycles. The Morgan fingerprint density at radius 3 is 2.47 bits per heavy atom. The molecule has 0 fully saturated rings. The van der Waals surface area contributed by atoms with Gasteiger partial charge < -0.3 is 5.11 Å². The van der Waals surface area contributed by atoms with Crippen molar-refractivity contribution in [1.29, 1.82) is 0 Å². The van der Waals surface area contributed by atoms with Gasteiger partial charge >= 0.3 is 0 Å². The maximum Gasteiger partial charge on any atom is 0.130 e. The van der Waals surface area contributed by atoms with Crippen LogP contribution in [0.3, 0.4) is 0 Å². The number of halogens is 3. The van der Waals surface area contributed by atoms with Crippen molar-refractivity contribution in [2.24, 2.45) is 0 Å². The summed E-state index contributed by atoms with van der Waals surface area (Å²) in [5, 5.41) is 10.7. The molecule has 1 nitrogen and oxygen atoms in total. The molecule has 0 bridgehead atoms. The third-order valence-corrected chi connectivity index (χ3v) is 4.35. The lowest BCUT2D eigenvalue weighted by atomic mass is 9.90. The van der Waals surface area contributed by atoms with Crippen molar-refractivity contribution >= 4 is 27.5 Å². The largest absolute Gasteiger partial charge is 0.388 e. The van der Waals surface area contributed by atoms with Gasteiger partial charge in [-0.3, -0.25) is 0 Å². The number of hydrogen-bond acceptors (Lipinski definition) is 1. The van der Waals surface area contributed by atoms with Crippen molar-refractivity contribution in [2.45, 2.75) is 18.9 Å². The van der Waals surface area contributed by atoms with Gasteiger partial charge in [0.25, 0.3) is 0 Å². The molecule has 0 spiro atoms. The molecule has 2 atom stereocenters. The Balaban J connectivity index is 2.34. The molecule has 0 aliphatic rings. The molecule has 0 heterocycles. The van der Waals surface area contributed by atoms with Gasteiger partial charge in [-0.15, -0.1) is 0 Å².